The van der Waals surface area contributed by atoms with Crippen molar-refractivity contribution in [3.8, 4) is 0 Å². The lowest BCUT2D eigenvalue weighted by Crippen LogP contribution is -2.34. The number of rotatable bonds is 5. The van der Waals surface area contributed by atoms with Gasteiger partial charge in [0.25, 0.3) is 5.91 Å². The number of nitrogens with zero attached hydrogens (tertiary/aromatic N) is 2. The van der Waals surface area contributed by atoms with Crippen LogP contribution >= 0.6 is 11.8 Å². The number of aryl methyl sites for hydroxylation is 1. The molecule has 1 fully saturated rings. The number of hydrogen-bond donors (Lipinski definition) is 2. The SMILES string of the molecule is Cc1ccc(C(=O)NC2CCSC2)cc1NC(=O)Cn1cc2ccccc2n1. The van der Waals surface area contributed by atoms with Crippen molar-refractivity contribution >= 4 is 40.2 Å². The molecule has 6 nitrogen and oxygen atoms in total. The summed E-state index contributed by atoms with van der Waals surface area (Å²) in [6.07, 6.45) is 2.86. The fraction of sp³-hybridized carbons (Fsp3) is 0.286. The van der Waals surface area contributed by atoms with E-state index < -0.39 is 0 Å². The molecule has 0 radical (unpaired) electrons. The van der Waals surface area contributed by atoms with E-state index in [0.717, 1.165) is 34.4 Å². The molecule has 0 bridgehead atoms. The third-order valence-corrected chi connectivity index (χ3v) is 5.97. The normalized spacial score (nSPS) is 16.2. The molecular weight excluding hydrogens is 372 g/mol. The van der Waals surface area contributed by atoms with Gasteiger partial charge in [-0.3, -0.25) is 14.3 Å². The van der Waals surface area contributed by atoms with Gasteiger partial charge >= 0.3 is 0 Å². The van der Waals surface area contributed by atoms with E-state index in [2.05, 4.69) is 15.7 Å². The summed E-state index contributed by atoms with van der Waals surface area (Å²) in [5.41, 5.74) is 2.97. The Morgan fingerprint density at radius 2 is 2.11 bits per heavy atom. The Kier molecular flexibility index (Phi) is 5.34. The summed E-state index contributed by atoms with van der Waals surface area (Å²) in [5.74, 6) is 1.77. The van der Waals surface area contributed by atoms with E-state index in [1.54, 1.807) is 16.8 Å². The van der Waals surface area contributed by atoms with E-state index >= 15 is 0 Å². The highest BCUT2D eigenvalue weighted by molar-refractivity contribution is 7.99. The van der Waals surface area contributed by atoms with E-state index in [0.29, 0.717) is 11.3 Å². The summed E-state index contributed by atoms with van der Waals surface area (Å²) < 4.78 is 1.63. The molecule has 0 spiro atoms. The first-order valence-corrected chi connectivity index (χ1v) is 10.5. The molecule has 1 atom stereocenters. The molecule has 0 aliphatic carbocycles. The second-order valence-corrected chi connectivity index (χ2v) is 8.15. The molecule has 0 saturated carbocycles. The molecule has 1 aliphatic rings. The second kappa shape index (κ2) is 8.06. The zero-order valence-electron chi connectivity index (χ0n) is 15.6. The number of fused-ring (bicyclic) bond motifs is 1. The summed E-state index contributed by atoms with van der Waals surface area (Å²) >= 11 is 1.86. The van der Waals surface area contributed by atoms with Crippen molar-refractivity contribution in [3.05, 3.63) is 59.8 Å². The number of amides is 2. The van der Waals surface area contributed by atoms with Gasteiger partial charge in [-0.1, -0.05) is 24.3 Å². The fourth-order valence-corrected chi connectivity index (χ4v) is 4.40. The summed E-state index contributed by atoms with van der Waals surface area (Å²) in [4.78, 5) is 25.0. The number of hydrogen-bond acceptors (Lipinski definition) is 4. The van der Waals surface area contributed by atoms with Crippen molar-refractivity contribution in [3.63, 3.8) is 0 Å². The molecule has 144 valence electrons. The van der Waals surface area contributed by atoms with Crippen LogP contribution in [0.25, 0.3) is 10.9 Å². The van der Waals surface area contributed by atoms with Crippen molar-refractivity contribution in [2.24, 2.45) is 0 Å². The maximum absolute atomic E-state index is 12.5. The molecule has 2 amide bonds. The Balaban J connectivity index is 1.44. The smallest absolute Gasteiger partial charge is 0.251 e. The molecule has 4 rings (SSSR count). The molecule has 2 heterocycles. The Morgan fingerprint density at radius 3 is 2.89 bits per heavy atom. The third-order valence-electron chi connectivity index (χ3n) is 4.81. The van der Waals surface area contributed by atoms with Crippen molar-refractivity contribution < 1.29 is 9.59 Å². The lowest BCUT2D eigenvalue weighted by atomic mass is 10.1. The predicted octanol–water partition coefficient (Wildman–Crippen LogP) is 3.22. The van der Waals surface area contributed by atoms with Crippen LogP contribution in [-0.2, 0) is 11.3 Å². The van der Waals surface area contributed by atoms with Gasteiger partial charge in [-0.25, -0.2) is 0 Å². The summed E-state index contributed by atoms with van der Waals surface area (Å²) in [5, 5.41) is 11.4. The minimum atomic E-state index is -0.180. The van der Waals surface area contributed by atoms with Crippen LogP contribution in [0.4, 0.5) is 5.69 Å². The Bertz CT molecular complexity index is 991. The number of benzene rings is 2. The Labute approximate surface area is 167 Å². The molecule has 2 aromatic carbocycles. The summed E-state index contributed by atoms with van der Waals surface area (Å²) in [6.45, 7) is 2.02. The number of thioether (sulfide) groups is 1. The zero-order valence-corrected chi connectivity index (χ0v) is 16.5. The van der Waals surface area contributed by atoms with Crippen LogP contribution in [0.5, 0.6) is 0 Å². The first kappa shape index (κ1) is 18.6. The lowest BCUT2D eigenvalue weighted by molar-refractivity contribution is -0.116. The number of nitrogens with one attached hydrogen (secondary N) is 2. The molecule has 7 heteroatoms. The molecule has 28 heavy (non-hydrogen) atoms. The number of anilines is 1. The highest BCUT2D eigenvalue weighted by Gasteiger charge is 2.19. The highest BCUT2D eigenvalue weighted by Crippen LogP contribution is 2.20. The van der Waals surface area contributed by atoms with Gasteiger partial charge in [0, 0.05) is 34.6 Å². The van der Waals surface area contributed by atoms with Gasteiger partial charge in [0.05, 0.1) is 5.52 Å². The van der Waals surface area contributed by atoms with E-state index in [-0.39, 0.29) is 24.4 Å². The van der Waals surface area contributed by atoms with Gasteiger partial charge in [0.15, 0.2) is 0 Å². The molecule has 1 unspecified atom stereocenters. The van der Waals surface area contributed by atoms with E-state index in [1.165, 1.54) is 0 Å². The average molecular weight is 395 g/mol. The molecule has 1 saturated heterocycles. The summed E-state index contributed by atoms with van der Waals surface area (Å²) in [6, 6.07) is 13.4. The monoisotopic (exact) mass is 394 g/mol. The standard InChI is InChI=1S/C21H22N4O2S/c1-14-6-7-15(21(27)22-17-8-9-28-13-17)10-19(14)23-20(26)12-25-11-16-4-2-3-5-18(16)24-25/h2-7,10-11,17H,8-9,12-13H2,1H3,(H,22,27)(H,23,26). The van der Waals surface area contributed by atoms with Gasteiger partial charge in [-0.2, -0.15) is 16.9 Å². The van der Waals surface area contributed by atoms with Crippen LogP contribution < -0.4 is 10.6 Å². The van der Waals surface area contributed by atoms with Crippen molar-refractivity contribution in [2.75, 3.05) is 16.8 Å². The first-order chi connectivity index (χ1) is 13.6. The van der Waals surface area contributed by atoms with Gasteiger partial charge in [-0.05, 0) is 42.9 Å². The minimum absolute atomic E-state index is 0.0960. The number of carbonyl (C=O) groups is 2. The van der Waals surface area contributed by atoms with Crippen molar-refractivity contribution in [1.82, 2.24) is 15.1 Å². The van der Waals surface area contributed by atoms with Gasteiger partial charge in [-0.15, -0.1) is 0 Å². The highest BCUT2D eigenvalue weighted by atomic mass is 32.2. The van der Waals surface area contributed by atoms with Crippen LogP contribution in [0, 0.1) is 6.92 Å². The average Bonchev–Trinajstić information content (AvgIpc) is 3.32. The Hall–Kier alpha value is -2.80. The third kappa shape index (κ3) is 4.20. The predicted molar refractivity (Wildman–Crippen MR) is 113 cm³/mol. The minimum Gasteiger partial charge on any atom is -0.348 e. The fourth-order valence-electron chi connectivity index (χ4n) is 3.25. The lowest BCUT2D eigenvalue weighted by Gasteiger charge is -2.14. The topological polar surface area (TPSA) is 76.0 Å². The Morgan fingerprint density at radius 1 is 1.25 bits per heavy atom. The van der Waals surface area contributed by atoms with Crippen molar-refractivity contribution in [1.29, 1.82) is 0 Å². The molecular formula is C21H22N4O2S. The quantitative estimate of drug-likeness (QED) is 0.697. The maximum Gasteiger partial charge on any atom is 0.251 e. The van der Waals surface area contributed by atoms with Crippen molar-refractivity contribution in [2.45, 2.75) is 25.9 Å². The van der Waals surface area contributed by atoms with Crippen LogP contribution in [0.15, 0.2) is 48.7 Å². The van der Waals surface area contributed by atoms with E-state index in [4.69, 9.17) is 0 Å². The number of carbonyl (C=O) groups excluding carboxylic acids is 2. The largest absolute Gasteiger partial charge is 0.348 e. The van der Waals surface area contributed by atoms with Crippen LogP contribution in [-0.4, -0.2) is 39.1 Å². The van der Waals surface area contributed by atoms with Gasteiger partial charge in [0.1, 0.15) is 6.54 Å². The van der Waals surface area contributed by atoms with E-state index in [9.17, 15) is 9.59 Å². The number of aromatic nitrogens is 2. The molecule has 3 aromatic rings. The second-order valence-electron chi connectivity index (χ2n) is 7.00. The van der Waals surface area contributed by atoms with Crippen LogP contribution in [0.3, 0.4) is 0 Å². The van der Waals surface area contributed by atoms with Crippen LogP contribution in [0.1, 0.15) is 22.3 Å². The first-order valence-electron chi connectivity index (χ1n) is 9.30. The van der Waals surface area contributed by atoms with Crippen LogP contribution in [0.2, 0.25) is 0 Å². The molecule has 1 aliphatic heterocycles. The molecule has 2 N–H and O–H groups in total. The van der Waals surface area contributed by atoms with E-state index in [1.807, 2.05) is 55.2 Å². The zero-order chi connectivity index (χ0) is 19.5. The van der Waals surface area contributed by atoms with Gasteiger partial charge in [0.2, 0.25) is 5.91 Å². The maximum atomic E-state index is 12.5. The summed E-state index contributed by atoms with van der Waals surface area (Å²) in [7, 11) is 0. The van der Waals surface area contributed by atoms with Gasteiger partial charge < -0.3 is 10.6 Å². The molecule has 1 aromatic heterocycles.